The minimum Gasteiger partial charge on any atom is -0.391 e. The van der Waals surface area contributed by atoms with Crippen molar-refractivity contribution in [2.75, 3.05) is 10.8 Å². The number of aliphatic hydroxyl groups is 1. The minimum absolute atomic E-state index is 0.0379. The molecule has 0 aliphatic rings. The molecule has 0 radical (unpaired) electrons. The van der Waals surface area contributed by atoms with Gasteiger partial charge < -0.3 is 5.11 Å². The smallest absolute Gasteiger partial charge is 0.264 e. The lowest BCUT2D eigenvalue weighted by Crippen LogP contribution is -2.37. The van der Waals surface area contributed by atoms with E-state index in [-0.39, 0.29) is 11.4 Å². The van der Waals surface area contributed by atoms with E-state index in [1.54, 1.807) is 37.3 Å². The highest BCUT2D eigenvalue weighted by Crippen LogP contribution is 2.26. The average Bonchev–Trinajstić information content (AvgIpc) is 2.55. The average molecular weight is 333 g/mol. The number of hydrogen-bond acceptors (Lipinski definition) is 3. The van der Waals surface area contributed by atoms with Gasteiger partial charge in [0.25, 0.3) is 10.0 Å². The third-order valence-electron chi connectivity index (χ3n) is 3.80. The lowest BCUT2D eigenvalue weighted by molar-refractivity contribution is 0.179. The second-order valence-corrected chi connectivity index (χ2v) is 7.53. The van der Waals surface area contributed by atoms with Gasteiger partial charge in [-0.2, -0.15) is 0 Å². The number of rotatable bonds is 6. The summed E-state index contributed by atoms with van der Waals surface area (Å²) in [5.41, 5.74) is 2.14. The number of para-hydroxylation sites is 1. The molecule has 0 aliphatic heterocycles. The van der Waals surface area contributed by atoms with Crippen LogP contribution >= 0.6 is 0 Å². The van der Waals surface area contributed by atoms with Gasteiger partial charge in [0, 0.05) is 0 Å². The molecule has 2 aromatic carbocycles. The SMILES string of the molecule is CC[C@@H](O)CN(c1ccccc1)S(=O)(=O)c1cc(C)ccc1C. The standard InChI is InChI=1S/C18H23NO3S/c1-4-17(20)13-19(16-8-6-5-7-9-16)23(21,22)18-12-14(2)10-11-15(18)3/h5-12,17,20H,4,13H2,1-3H3/t17-/m1/s1. The predicted octanol–water partition coefficient (Wildman–Crippen LogP) is 3.27. The first-order valence-corrected chi connectivity index (χ1v) is 9.13. The maximum Gasteiger partial charge on any atom is 0.264 e. The van der Waals surface area contributed by atoms with Crippen LogP contribution in [0.3, 0.4) is 0 Å². The normalized spacial score (nSPS) is 12.9. The van der Waals surface area contributed by atoms with E-state index in [0.717, 1.165) is 5.56 Å². The van der Waals surface area contributed by atoms with E-state index in [1.807, 2.05) is 32.0 Å². The van der Waals surface area contributed by atoms with Crippen LogP contribution in [0.1, 0.15) is 24.5 Å². The fraction of sp³-hybridized carbons (Fsp3) is 0.333. The zero-order valence-corrected chi connectivity index (χ0v) is 14.5. The van der Waals surface area contributed by atoms with Crippen molar-refractivity contribution in [1.82, 2.24) is 0 Å². The van der Waals surface area contributed by atoms with Gasteiger partial charge in [-0.3, -0.25) is 4.31 Å². The quantitative estimate of drug-likeness (QED) is 0.882. The van der Waals surface area contributed by atoms with E-state index >= 15 is 0 Å². The molecule has 1 atom stereocenters. The Morgan fingerprint density at radius 1 is 1.09 bits per heavy atom. The van der Waals surface area contributed by atoms with Crippen molar-refractivity contribution in [3.05, 3.63) is 59.7 Å². The summed E-state index contributed by atoms with van der Waals surface area (Å²) in [6.07, 6.45) is -0.221. The van der Waals surface area contributed by atoms with Crippen LogP contribution in [0.4, 0.5) is 5.69 Å². The first-order chi connectivity index (χ1) is 10.9. The van der Waals surface area contributed by atoms with E-state index in [0.29, 0.717) is 17.7 Å². The van der Waals surface area contributed by atoms with E-state index in [2.05, 4.69) is 0 Å². The number of aliphatic hydroxyl groups excluding tert-OH is 1. The third kappa shape index (κ3) is 3.92. The Balaban J connectivity index is 2.55. The monoisotopic (exact) mass is 333 g/mol. The van der Waals surface area contributed by atoms with Crippen LogP contribution in [-0.2, 0) is 10.0 Å². The van der Waals surface area contributed by atoms with Gasteiger partial charge in [-0.25, -0.2) is 8.42 Å². The van der Waals surface area contributed by atoms with Crippen LogP contribution in [-0.4, -0.2) is 26.2 Å². The molecule has 0 aromatic heterocycles. The fourth-order valence-electron chi connectivity index (χ4n) is 2.36. The van der Waals surface area contributed by atoms with Crippen LogP contribution in [0.15, 0.2) is 53.4 Å². The third-order valence-corrected chi connectivity index (χ3v) is 5.74. The van der Waals surface area contributed by atoms with Gasteiger partial charge in [-0.05, 0) is 49.6 Å². The summed E-state index contributed by atoms with van der Waals surface area (Å²) in [6, 6.07) is 14.3. The summed E-state index contributed by atoms with van der Waals surface area (Å²) < 4.78 is 27.6. The summed E-state index contributed by atoms with van der Waals surface area (Å²) in [4.78, 5) is 0.282. The highest BCUT2D eigenvalue weighted by atomic mass is 32.2. The molecule has 0 spiro atoms. The van der Waals surface area contributed by atoms with Gasteiger partial charge >= 0.3 is 0 Å². The largest absolute Gasteiger partial charge is 0.391 e. The molecule has 0 saturated carbocycles. The molecule has 0 bridgehead atoms. The van der Waals surface area contributed by atoms with Crippen molar-refractivity contribution >= 4 is 15.7 Å². The fourth-order valence-corrected chi connectivity index (χ4v) is 4.18. The highest BCUT2D eigenvalue weighted by Gasteiger charge is 2.28. The van der Waals surface area contributed by atoms with Crippen molar-refractivity contribution < 1.29 is 13.5 Å². The molecule has 0 fully saturated rings. The molecule has 23 heavy (non-hydrogen) atoms. The van der Waals surface area contributed by atoms with Crippen molar-refractivity contribution in [1.29, 1.82) is 0 Å². The second kappa shape index (κ2) is 7.15. The lowest BCUT2D eigenvalue weighted by atomic mass is 10.2. The molecule has 0 aliphatic carbocycles. The summed E-state index contributed by atoms with van der Waals surface area (Å²) in [5, 5.41) is 10.0. The Labute approximate surface area is 138 Å². The topological polar surface area (TPSA) is 57.6 Å². The Bertz CT molecular complexity index is 757. The number of sulfonamides is 1. The Morgan fingerprint density at radius 2 is 1.74 bits per heavy atom. The molecule has 2 aromatic rings. The van der Waals surface area contributed by atoms with Crippen molar-refractivity contribution in [3.8, 4) is 0 Å². The zero-order valence-electron chi connectivity index (χ0n) is 13.7. The first kappa shape index (κ1) is 17.5. The molecular formula is C18H23NO3S. The van der Waals surface area contributed by atoms with Crippen LogP contribution in [0.2, 0.25) is 0 Å². The zero-order chi connectivity index (χ0) is 17.0. The number of anilines is 1. The lowest BCUT2D eigenvalue weighted by Gasteiger charge is -2.27. The summed E-state index contributed by atoms with van der Waals surface area (Å²) in [5.74, 6) is 0. The van der Waals surface area contributed by atoms with Gasteiger partial charge in [0.1, 0.15) is 0 Å². The Morgan fingerprint density at radius 3 is 2.35 bits per heavy atom. The van der Waals surface area contributed by atoms with Gasteiger partial charge in [0.2, 0.25) is 0 Å². The maximum atomic E-state index is 13.2. The predicted molar refractivity (Wildman–Crippen MR) is 93.2 cm³/mol. The first-order valence-electron chi connectivity index (χ1n) is 7.69. The molecular weight excluding hydrogens is 310 g/mol. The minimum atomic E-state index is -3.74. The van der Waals surface area contributed by atoms with Crippen molar-refractivity contribution in [2.24, 2.45) is 0 Å². The van der Waals surface area contributed by atoms with Crippen LogP contribution < -0.4 is 4.31 Å². The van der Waals surface area contributed by atoms with Gasteiger partial charge in [0.15, 0.2) is 0 Å². The molecule has 0 saturated heterocycles. The number of hydrogen-bond donors (Lipinski definition) is 1. The second-order valence-electron chi connectivity index (χ2n) is 5.70. The van der Waals surface area contributed by atoms with E-state index in [9.17, 15) is 13.5 Å². The van der Waals surface area contributed by atoms with Crippen LogP contribution in [0.25, 0.3) is 0 Å². The summed E-state index contributed by atoms with van der Waals surface area (Å²) in [6.45, 7) is 5.52. The Hall–Kier alpha value is -1.85. The van der Waals surface area contributed by atoms with E-state index < -0.39 is 16.1 Å². The molecule has 4 nitrogen and oxygen atoms in total. The Kier molecular flexibility index (Phi) is 5.44. The van der Waals surface area contributed by atoms with Gasteiger partial charge in [-0.15, -0.1) is 0 Å². The molecule has 1 N–H and O–H groups in total. The van der Waals surface area contributed by atoms with E-state index in [4.69, 9.17) is 0 Å². The molecule has 2 rings (SSSR count). The van der Waals surface area contributed by atoms with Gasteiger partial charge in [-0.1, -0.05) is 37.3 Å². The van der Waals surface area contributed by atoms with E-state index in [1.165, 1.54) is 4.31 Å². The number of benzene rings is 2. The van der Waals surface area contributed by atoms with Crippen molar-refractivity contribution in [2.45, 2.75) is 38.2 Å². The summed E-state index contributed by atoms with van der Waals surface area (Å²) >= 11 is 0. The van der Waals surface area contributed by atoms with Crippen LogP contribution in [0.5, 0.6) is 0 Å². The molecule has 124 valence electrons. The van der Waals surface area contributed by atoms with Crippen LogP contribution in [0, 0.1) is 13.8 Å². The summed E-state index contributed by atoms with van der Waals surface area (Å²) in [7, 11) is -3.74. The highest BCUT2D eigenvalue weighted by molar-refractivity contribution is 7.92. The van der Waals surface area contributed by atoms with Gasteiger partial charge in [0.05, 0.1) is 23.2 Å². The molecule has 5 heteroatoms. The number of aryl methyl sites for hydroxylation is 2. The van der Waals surface area contributed by atoms with Crippen molar-refractivity contribution in [3.63, 3.8) is 0 Å². The molecule has 0 heterocycles. The maximum absolute atomic E-state index is 13.2. The number of nitrogens with zero attached hydrogens (tertiary/aromatic N) is 1. The molecule has 0 unspecified atom stereocenters. The molecule has 0 amide bonds.